The largest absolute Gasteiger partial charge is 0.424 e. The number of nitrogens with one attached hydrogen (secondary N) is 2. The number of anilines is 2. The number of hydrogen-bond acceptors (Lipinski definition) is 7. The smallest absolute Gasteiger partial charge is 0.322 e. The lowest BCUT2D eigenvalue weighted by Crippen LogP contribution is -2.11. The Morgan fingerprint density at radius 3 is 2.68 bits per heavy atom. The van der Waals surface area contributed by atoms with Crippen LogP contribution in [0.25, 0.3) is 33.4 Å². The predicted octanol–water partition coefficient (Wildman–Crippen LogP) is 5.63. The van der Waals surface area contributed by atoms with E-state index in [4.69, 9.17) is 4.74 Å². The molecule has 0 saturated carbocycles. The second-order valence-corrected chi connectivity index (χ2v) is 9.27. The van der Waals surface area contributed by atoms with Gasteiger partial charge in [-0.25, -0.2) is 19.9 Å². The Balaban J connectivity index is 1.46. The molecular weight excluding hydrogens is 478 g/mol. The van der Waals surface area contributed by atoms with E-state index >= 15 is 0 Å². The van der Waals surface area contributed by atoms with Gasteiger partial charge in [-0.3, -0.25) is 4.79 Å². The van der Waals surface area contributed by atoms with Gasteiger partial charge in [-0.2, -0.15) is 0 Å². The Morgan fingerprint density at radius 1 is 1.11 bits per heavy atom. The van der Waals surface area contributed by atoms with Crippen LogP contribution in [0.4, 0.5) is 11.5 Å². The van der Waals surface area contributed by atoms with E-state index < -0.39 is 0 Å². The Kier molecular flexibility index (Phi) is 5.60. The van der Waals surface area contributed by atoms with Gasteiger partial charge in [-0.05, 0) is 60.9 Å². The van der Waals surface area contributed by atoms with Crippen LogP contribution in [0.15, 0.2) is 73.2 Å². The maximum Gasteiger partial charge on any atom is 0.322 e. The normalized spacial score (nSPS) is 11.9. The van der Waals surface area contributed by atoms with Gasteiger partial charge in [-0.1, -0.05) is 24.8 Å². The minimum atomic E-state index is -0.206. The second-order valence-electron chi connectivity index (χ2n) is 9.27. The fraction of sp³-hybridized carbons (Fsp3) is 0.138. The minimum absolute atomic E-state index is 0.206. The number of fused-ring (bicyclic) bond motifs is 2. The monoisotopic (exact) mass is 503 g/mol. The molecule has 1 aliphatic rings. The van der Waals surface area contributed by atoms with Gasteiger partial charge in [0.25, 0.3) is 5.91 Å². The van der Waals surface area contributed by atoms with Crippen molar-refractivity contribution in [3.05, 3.63) is 84.5 Å². The van der Waals surface area contributed by atoms with Crippen molar-refractivity contribution < 1.29 is 9.53 Å². The van der Waals surface area contributed by atoms with Crippen molar-refractivity contribution in [3.63, 3.8) is 0 Å². The third-order valence-corrected chi connectivity index (χ3v) is 6.55. The number of aryl methyl sites for hydroxylation is 2. The average Bonchev–Trinajstić information content (AvgIpc) is 3.10. The maximum atomic E-state index is 12.1. The van der Waals surface area contributed by atoms with E-state index in [9.17, 15) is 4.79 Å². The molecule has 188 valence electrons. The molecule has 0 bridgehead atoms. The van der Waals surface area contributed by atoms with Crippen molar-refractivity contribution in [2.24, 2.45) is 7.05 Å². The molecular formula is C29H25N7O2. The number of benzene rings is 2. The Labute approximate surface area is 219 Å². The third kappa shape index (κ3) is 4.03. The molecule has 0 spiro atoms. The number of nitrogens with zero attached hydrogens (tertiary/aromatic N) is 5. The van der Waals surface area contributed by atoms with Crippen molar-refractivity contribution in [2.45, 2.75) is 20.4 Å². The third-order valence-electron chi connectivity index (χ3n) is 6.55. The van der Waals surface area contributed by atoms with Gasteiger partial charge in [-0.15, -0.1) is 0 Å². The summed E-state index contributed by atoms with van der Waals surface area (Å²) in [7, 11) is 2.00. The van der Waals surface area contributed by atoms with Crippen molar-refractivity contribution in [1.82, 2.24) is 24.5 Å². The van der Waals surface area contributed by atoms with E-state index in [-0.39, 0.29) is 5.91 Å². The number of carbonyl (C=O) groups excluding carboxylic acids is 1. The van der Waals surface area contributed by atoms with Crippen LogP contribution in [-0.4, -0.2) is 30.4 Å². The number of hydrogen-bond donors (Lipinski definition) is 2. The van der Waals surface area contributed by atoms with Gasteiger partial charge in [0, 0.05) is 42.3 Å². The van der Waals surface area contributed by atoms with Gasteiger partial charge in [0.05, 0.1) is 11.1 Å². The maximum absolute atomic E-state index is 12.1. The van der Waals surface area contributed by atoms with E-state index in [1.807, 2.05) is 56.4 Å². The van der Waals surface area contributed by atoms with Crippen LogP contribution in [0.3, 0.4) is 0 Å². The van der Waals surface area contributed by atoms with Gasteiger partial charge in [0.15, 0.2) is 0 Å². The summed E-state index contributed by atoms with van der Waals surface area (Å²) in [6, 6.07) is 15.9. The van der Waals surface area contributed by atoms with Gasteiger partial charge in [0.1, 0.15) is 23.5 Å². The molecule has 6 rings (SSSR count). The molecule has 0 atom stereocenters. The zero-order valence-electron chi connectivity index (χ0n) is 21.2. The fourth-order valence-electron chi connectivity index (χ4n) is 4.72. The summed E-state index contributed by atoms with van der Waals surface area (Å²) in [6.07, 6.45) is 3.26. The number of rotatable bonds is 5. The highest BCUT2D eigenvalue weighted by Crippen LogP contribution is 2.46. The quantitative estimate of drug-likeness (QED) is 0.299. The molecule has 4 heterocycles. The topological polar surface area (TPSA) is 107 Å². The van der Waals surface area contributed by atoms with E-state index in [1.54, 1.807) is 19.4 Å². The summed E-state index contributed by atoms with van der Waals surface area (Å²) in [6.45, 7) is 7.85. The molecule has 38 heavy (non-hydrogen) atoms. The SMILES string of the molecule is C=C(C)C(=O)Nc1ccc(-c2c3c4c(ncnc4n2C)NCc2cc(Oc4nccc(C)n4)ccc2-3)cc1. The Morgan fingerprint density at radius 2 is 1.92 bits per heavy atom. The first-order valence-electron chi connectivity index (χ1n) is 12.1. The fourth-order valence-corrected chi connectivity index (χ4v) is 4.72. The zero-order valence-corrected chi connectivity index (χ0v) is 21.2. The van der Waals surface area contributed by atoms with Crippen molar-refractivity contribution in [1.29, 1.82) is 0 Å². The lowest BCUT2D eigenvalue weighted by atomic mass is 9.95. The van der Waals surface area contributed by atoms with E-state index in [1.165, 1.54) is 0 Å². The average molecular weight is 504 g/mol. The van der Waals surface area contributed by atoms with Crippen LogP contribution in [0.2, 0.25) is 0 Å². The van der Waals surface area contributed by atoms with Crippen LogP contribution >= 0.6 is 0 Å². The highest BCUT2D eigenvalue weighted by atomic mass is 16.5. The Hall–Kier alpha value is -5.05. The van der Waals surface area contributed by atoms with Crippen molar-refractivity contribution in [3.8, 4) is 34.1 Å². The highest BCUT2D eigenvalue weighted by Gasteiger charge is 2.26. The molecule has 0 aliphatic carbocycles. The summed E-state index contributed by atoms with van der Waals surface area (Å²) >= 11 is 0. The molecule has 1 aliphatic heterocycles. The number of amides is 1. The van der Waals surface area contributed by atoms with Gasteiger partial charge >= 0.3 is 6.01 Å². The first-order chi connectivity index (χ1) is 18.4. The van der Waals surface area contributed by atoms with Crippen LogP contribution in [0, 0.1) is 6.92 Å². The van der Waals surface area contributed by atoms with Crippen molar-refractivity contribution in [2.75, 3.05) is 10.6 Å². The molecule has 0 radical (unpaired) electrons. The van der Waals surface area contributed by atoms with Crippen molar-refractivity contribution >= 4 is 28.4 Å². The van der Waals surface area contributed by atoms with E-state index in [0.717, 1.165) is 50.5 Å². The van der Waals surface area contributed by atoms with Crippen LogP contribution < -0.4 is 15.4 Å². The lowest BCUT2D eigenvalue weighted by Gasteiger charge is -2.14. The minimum Gasteiger partial charge on any atom is -0.424 e. The summed E-state index contributed by atoms with van der Waals surface area (Å²) in [4.78, 5) is 29.8. The van der Waals surface area contributed by atoms with Crippen LogP contribution in [0.1, 0.15) is 18.2 Å². The molecule has 1 amide bonds. The van der Waals surface area contributed by atoms with Gasteiger partial charge < -0.3 is 19.9 Å². The van der Waals surface area contributed by atoms with E-state index in [2.05, 4.69) is 47.8 Å². The molecule has 9 heteroatoms. The summed E-state index contributed by atoms with van der Waals surface area (Å²) in [5, 5.41) is 7.29. The summed E-state index contributed by atoms with van der Waals surface area (Å²) in [5.74, 6) is 1.22. The number of ether oxygens (including phenoxy) is 1. The number of aromatic nitrogens is 5. The molecule has 9 nitrogen and oxygen atoms in total. The molecule has 2 aromatic carbocycles. The molecule has 5 aromatic rings. The van der Waals surface area contributed by atoms with E-state index in [0.29, 0.717) is 29.6 Å². The summed E-state index contributed by atoms with van der Waals surface area (Å²) in [5.41, 5.74) is 7.95. The molecule has 0 unspecified atom stereocenters. The summed E-state index contributed by atoms with van der Waals surface area (Å²) < 4.78 is 8.06. The predicted molar refractivity (Wildman–Crippen MR) is 147 cm³/mol. The zero-order chi connectivity index (χ0) is 26.4. The first-order valence-corrected chi connectivity index (χ1v) is 12.1. The Bertz CT molecular complexity index is 1740. The second kappa shape index (κ2) is 9.11. The van der Waals surface area contributed by atoms with Crippen LogP contribution in [-0.2, 0) is 18.4 Å². The first kappa shape index (κ1) is 23.4. The van der Waals surface area contributed by atoms with Crippen LogP contribution in [0.5, 0.6) is 11.8 Å². The molecule has 2 N–H and O–H groups in total. The highest BCUT2D eigenvalue weighted by molar-refractivity contribution is 6.09. The number of carbonyl (C=O) groups is 1. The lowest BCUT2D eigenvalue weighted by molar-refractivity contribution is -0.112. The standard InChI is InChI=1S/C29H25N7O2/c1-16(2)28(37)35-20-7-5-18(6-8-20)25-23-22-10-9-21(38-29-30-12-11-17(3)34-29)13-19(22)14-31-26-24(23)27(36(25)4)33-15-32-26/h5-13,15H,1,14H2,2-4H3,(H,35,37)(H,31,32,33). The molecule has 3 aromatic heterocycles. The molecule has 0 saturated heterocycles. The van der Waals surface area contributed by atoms with Gasteiger partial charge in [0.2, 0.25) is 0 Å². The molecule has 0 fully saturated rings.